The van der Waals surface area contributed by atoms with Crippen molar-refractivity contribution in [2.75, 3.05) is 19.8 Å². The van der Waals surface area contributed by atoms with Crippen molar-refractivity contribution >= 4 is 5.91 Å². The number of amides is 1. The molecule has 1 N–H and O–H groups in total. The second kappa shape index (κ2) is 9.23. The molecule has 0 spiro atoms. The fraction of sp³-hybridized carbons (Fsp3) is 0.381. The molecule has 0 saturated carbocycles. The van der Waals surface area contributed by atoms with E-state index in [1.807, 2.05) is 30.3 Å². The Hall–Kier alpha value is -2.33. The standard InChI is InChI=1S/C21H25NO3/c23-21(22-14-4-8-17-6-2-1-3-7-17)18-10-12-19(13-11-18)25-16-20-9-5-15-24-20/h1-3,6-7,10-13,20H,4-5,8-9,14-16H2,(H,22,23)/t20-/m1/s1. The number of rotatable bonds is 8. The van der Waals surface area contributed by atoms with Crippen LogP contribution in [0.1, 0.15) is 35.2 Å². The topological polar surface area (TPSA) is 47.6 Å². The average molecular weight is 339 g/mol. The zero-order valence-electron chi connectivity index (χ0n) is 14.4. The van der Waals surface area contributed by atoms with E-state index in [0.717, 1.165) is 38.0 Å². The molecule has 1 aliphatic heterocycles. The summed E-state index contributed by atoms with van der Waals surface area (Å²) in [5, 5.41) is 2.97. The first-order valence-electron chi connectivity index (χ1n) is 8.98. The molecule has 0 aliphatic carbocycles. The average Bonchev–Trinajstić information content (AvgIpc) is 3.18. The summed E-state index contributed by atoms with van der Waals surface area (Å²) >= 11 is 0. The molecule has 25 heavy (non-hydrogen) atoms. The largest absolute Gasteiger partial charge is 0.491 e. The molecule has 1 saturated heterocycles. The van der Waals surface area contributed by atoms with Crippen LogP contribution in [0.4, 0.5) is 0 Å². The molecular formula is C21H25NO3. The van der Waals surface area contributed by atoms with E-state index in [1.165, 1.54) is 5.56 Å². The van der Waals surface area contributed by atoms with Crippen molar-refractivity contribution in [3.8, 4) is 5.75 Å². The van der Waals surface area contributed by atoms with Gasteiger partial charge in [0.05, 0.1) is 6.10 Å². The van der Waals surface area contributed by atoms with E-state index < -0.39 is 0 Å². The lowest BCUT2D eigenvalue weighted by molar-refractivity contribution is 0.0679. The normalized spacial score (nSPS) is 16.6. The van der Waals surface area contributed by atoms with Gasteiger partial charge in [-0.3, -0.25) is 4.79 Å². The van der Waals surface area contributed by atoms with Crippen molar-refractivity contribution in [2.45, 2.75) is 31.8 Å². The molecule has 4 heteroatoms. The fourth-order valence-corrected chi connectivity index (χ4v) is 2.91. The number of nitrogens with one attached hydrogen (secondary N) is 1. The van der Waals surface area contributed by atoms with Crippen molar-refractivity contribution in [3.05, 3.63) is 65.7 Å². The highest BCUT2D eigenvalue weighted by atomic mass is 16.5. The Bertz CT molecular complexity index is 649. The molecule has 2 aromatic rings. The van der Waals surface area contributed by atoms with E-state index >= 15 is 0 Å². The second-order valence-corrected chi connectivity index (χ2v) is 6.32. The highest BCUT2D eigenvalue weighted by molar-refractivity contribution is 5.94. The lowest BCUT2D eigenvalue weighted by Crippen LogP contribution is -2.24. The van der Waals surface area contributed by atoms with Crippen LogP contribution in [-0.2, 0) is 11.2 Å². The van der Waals surface area contributed by atoms with Gasteiger partial charge in [-0.1, -0.05) is 30.3 Å². The number of carbonyl (C=O) groups is 1. The van der Waals surface area contributed by atoms with Gasteiger partial charge >= 0.3 is 0 Å². The highest BCUT2D eigenvalue weighted by Gasteiger charge is 2.16. The molecule has 1 fully saturated rings. The number of ether oxygens (including phenoxy) is 2. The fourth-order valence-electron chi connectivity index (χ4n) is 2.91. The van der Waals surface area contributed by atoms with E-state index in [4.69, 9.17) is 9.47 Å². The van der Waals surface area contributed by atoms with Gasteiger partial charge in [0.25, 0.3) is 5.91 Å². The number of benzene rings is 2. The van der Waals surface area contributed by atoms with Crippen molar-refractivity contribution in [3.63, 3.8) is 0 Å². The first-order valence-corrected chi connectivity index (χ1v) is 8.98. The van der Waals surface area contributed by atoms with E-state index in [-0.39, 0.29) is 12.0 Å². The molecule has 0 unspecified atom stereocenters. The van der Waals surface area contributed by atoms with E-state index in [9.17, 15) is 4.79 Å². The molecule has 0 radical (unpaired) electrons. The summed E-state index contributed by atoms with van der Waals surface area (Å²) < 4.78 is 11.2. The number of aryl methyl sites for hydroxylation is 1. The third kappa shape index (κ3) is 5.61. The Morgan fingerprint density at radius 1 is 1.12 bits per heavy atom. The zero-order chi connectivity index (χ0) is 17.3. The molecule has 1 atom stereocenters. The summed E-state index contributed by atoms with van der Waals surface area (Å²) in [7, 11) is 0. The van der Waals surface area contributed by atoms with Crippen molar-refractivity contribution in [1.29, 1.82) is 0 Å². The van der Waals surface area contributed by atoms with Gasteiger partial charge in [0, 0.05) is 18.7 Å². The number of carbonyl (C=O) groups excluding carboxylic acids is 1. The van der Waals surface area contributed by atoms with Crippen LogP contribution in [0.3, 0.4) is 0 Å². The molecular weight excluding hydrogens is 314 g/mol. The Balaban J connectivity index is 1.38. The van der Waals surface area contributed by atoms with Crippen LogP contribution in [-0.4, -0.2) is 31.8 Å². The first-order chi connectivity index (χ1) is 12.3. The maximum atomic E-state index is 12.2. The minimum Gasteiger partial charge on any atom is -0.491 e. The van der Waals surface area contributed by atoms with Crippen LogP contribution >= 0.6 is 0 Å². The first kappa shape index (κ1) is 17.5. The number of hydrogen-bond acceptors (Lipinski definition) is 3. The highest BCUT2D eigenvalue weighted by Crippen LogP contribution is 2.16. The van der Waals surface area contributed by atoms with Crippen molar-refractivity contribution in [1.82, 2.24) is 5.32 Å². The van der Waals surface area contributed by atoms with E-state index in [0.29, 0.717) is 18.7 Å². The van der Waals surface area contributed by atoms with Crippen LogP contribution in [0.2, 0.25) is 0 Å². The minimum absolute atomic E-state index is 0.0428. The molecule has 0 aromatic heterocycles. The summed E-state index contributed by atoms with van der Waals surface area (Å²) in [5.41, 5.74) is 1.95. The Kier molecular flexibility index (Phi) is 6.46. The molecule has 3 rings (SSSR count). The Morgan fingerprint density at radius 3 is 2.64 bits per heavy atom. The van der Waals surface area contributed by atoms with Crippen molar-refractivity contribution in [2.24, 2.45) is 0 Å². The van der Waals surface area contributed by atoms with E-state index in [2.05, 4.69) is 17.4 Å². The summed E-state index contributed by atoms with van der Waals surface area (Å²) in [6.45, 7) is 2.08. The predicted molar refractivity (Wildman–Crippen MR) is 98.0 cm³/mol. The second-order valence-electron chi connectivity index (χ2n) is 6.32. The van der Waals surface area contributed by atoms with Gasteiger partial charge in [0.15, 0.2) is 0 Å². The Morgan fingerprint density at radius 2 is 1.92 bits per heavy atom. The third-order valence-electron chi connectivity index (χ3n) is 4.35. The number of hydrogen-bond donors (Lipinski definition) is 1. The third-order valence-corrected chi connectivity index (χ3v) is 4.35. The van der Waals surface area contributed by atoms with Gasteiger partial charge in [0.2, 0.25) is 0 Å². The summed E-state index contributed by atoms with van der Waals surface area (Å²) in [5.74, 6) is 0.731. The maximum absolute atomic E-state index is 12.2. The van der Waals surface area contributed by atoms with Crippen molar-refractivity contribution < 1.29 is 14.3 Å². The molecule has 0 bridgehead atoms. The summed E-state index contributed by atoms with van der Waals surface area (Å²) in [6, 6.07) is 17.6. The predicted octanol–water partition coefficient (Wildman–Crippen LogP) is 3.61. The smallest absolute Gasteiger partial charge is 0.251 e. The summed E-state index contributed by atoms with van der Waals surface area (Å²) in [6.07, 6.45) is 4.27. The van der Waals surface area contributed by atoms with Gasteiger partial charge in [-0.15, -0.1) is 0 Å². The maximum Gasteiger partial charge on any atom is 0.251 e. The van der Waals surface area contributed by atoms with Crippen LogP contribution in [0.25, 0.3) is 0 Å². The van der Waals surface area contributed by atoms with Crippen LogP contribution in [0.5, 0.6) is 5.75 Å². The molecule has 1 heterocycles. The van der Waals surface area contributed by atoms with Gasteiger partial charge in [-0.2, -0.15) is 0 Å². The Labute approximate surface area is 149 Å². The monoisotopic (exact) mass is 339 g/mol. The van der Waals surface area contributed by atoms with Gasteiger partial charge in [0.1, 0.15) is 12.4 Å². The van der Waals surface area contributed by atoms with Gasteiger partial charge in [-0.05, 0) is 55.5 Å². The van der Waals surface area contributed by atoms with Gasteiger partial charge in [-0.25, -0.2) is 0 Å². The van der Waals surface area contributed by atoms with Crippen LogP contribution in [0.15, 0.2) is 54.6 Å². The molecule has 2 aromatic carbocycles. The van der Waals surface area contributed by atoms with Crippen LogP contribution < -0.4 is 10.1 Å². The lowest BCUT2D eigenvalue weighted by Gasteiger charge is -2.11. The minimum atomic E-state index is -0.0428. The molecule has 132 valence electrons. The zero-order valence-corrected chi connectivity index (χ0v) is 14.4. The molecule has 1 aliphatic rings. The molecule has 1 amide bonds. The lowest BCUT2D eigenvalue weighted by atomic mass is 10.1. The molecule has 4 nitrogen and oxygen atoms in total. The van der Waals surface area contributed by atoms with E-state index in [1.54, 1.807) is 12.1 Å². The SMILES string of the molecule is O=C(NCCCc1ccccc1)c1ccc(OC[C@H]2CCCO2)cc1. The van der Waals surface area contributed by atoms with Crippen LogP contribution in [0, 0.1) is 0 Å². The summed E-state index contributed by atoms with van der Waals surface area (Å²) in [4.78, 5) is 12.2. The quantitative estimate of drug-likeness (QED) is 0.748. The van der Waals surface area contributed by atoms with Gasteiger partial charge < -0.3 is 14.8 Å².